The number of ether oxygens (including phenoxy) is 1. The summed E-state index contributed by atoms with van der Waals surface area (Å²) in [5.41, 5.74) is 5.18. The number of nitrogens with one attached hydrogen (secondary N) is 2. The molecule has 6 heteroatoms. The molecule has 0 aliphatic carbocycles. The molecule has 2 N–H and O–H groups in total. The largest absolute Gasteiger partial charge is 0.423 e. The van der Waals surface area contributed by atoms with Gasteiger partial charge in [-0.3, -0.25) is 5.43 Å². The Morgan fingerprint density at radius 2 is 1.83 bits per heavy atom. The maximum Gasteiger partial charge on any atom is 0.343 e. The molecule has 0 saturated carbocycles. The van der Waals surface area contributed by atoms with Crippen molar-refractivity contribution in [1.29, 1.82) is 0 Å². The van der Waals surface area contributed by atoms with E-state index >= 15 is 0 Å². The zero-order chi connectivity index (χ0) is 17.4. The molecule has 0 fully saturated rings. The topological polar surface area (TPSA) is 62.7 Å². The van der Waals surface area contributed by atoms with Crippen LogP contribution in [0.25, 0.3) is 0 Å². The van der Waals surface area contributed by atoms with E-state index in [9.17, 15) is 4.79 Å². The van der Waals surface area contributed by atoms with Gasteiger partial charge in [0.15, 0.2) is 5.11 Å². The molecule has 2 aromatic carbocycles. The fourth-order valence-corrected chi connectivity index (χ4v) is 2.04. The van der Waals surface area contributed by atoms with Gasteiger partial charge in [-0.2, -0.15) is 5.10 Å². The Bertz CT molecular complexity index is 725. The van der Waals surface area contributed by atoms with Crippen molar-refractivity contribution >= 4 is 29.5 Å². The quantitative estimate of drug-likeness (QED) is 0.288. The minimum absolute atomic E-state index is 0.380. The van der Waals surface area contributed by atoms with Crippen LogP contribution in [0.4, 0.5) is 0 Å². The van der Waals surface area contributed by atoms with Crippen LogP contribution in [0.15, 0.2) is 53.6 Å². The van der Waals surface area contributed by atoms with Crippen LogP contribution in [-0.4, -0.2) is 23.8 Å². The SMILES string of the molecule is CCNC(=S)N/N=C\c1ccc(OC(=O)c2ccc(C)cc2)cc1. The van der Waals surface area contributed by atoms with Gasteiger partial charge < -0.3 is 10.1 Å². The zero-order valence-electron chi connectivity index (χ0n) is 13.6. The lowest BCUT2D eigenvalue weighted by atomic mass is 10.1. The fraction of sp³-hybridized carbons (Fsp3) is 0.167. The van der Waals surface area contributed by atoms with Crippen molar-refractivity contribution < 1.29 is 9.53 Å². The molecule has 0 heterocycles. The van der Waals surface area contributed by atoms with Gasteiger partial charge in [-0.15, -0.1) is 0 Å². The van der Waals surface area contributed by atoms with Crippen LogP contribution < -0.4 is 15.5 Å². The number of thiocarbonyl (C=S) groups is 1. The standard InChI is InChI=1S/C18H19N3O2S/c1-3-19-18(24)21-20-12-14-6-10-16(11-7-14)23-17(22)15-8-4-13(2)5-9-15/h4-12H,3H2,1-2H3,(H2,19,21,24)/b20-12-. The van der Waals surface area contributed by atoms with E-state index in [1.54, 1.807) is 42.6 Å². The van der Waals surface area contributed by atoms with Gasteiger partial charge in [0.1, 0.15) is 5.75 Å². The molecule has 124 valence electrons. The maximum absolute atomic E-state index is 12.0. The number of aryl methyl sites for hydroxylation is 1. The minimum atomic E-state index is -0.380. The van der Waals surface area contributed by atoms with Crippen molar-refractivity contribution in [3.8, 4) is 5.75 Å². The number of carbonyl (C=O) groups is 1. The molecule has 0 bridgehead atoms. The Hall–Kier alpha value is -2.73. The maximum atomic E-state index is 12.0. The first-order chi connectivity index (χ1) is 11.6. The molecule has 0 saturated heterocycles. The summed E-state index contributed by atoms with van der Waals surface area (Å²) in [4.78, 5) is 12.0. The summed E-state index contributed by atoms with van der Waals surface area (Å²) in [7, 11) is 0. The predicted octanol–water partition coefficient (Wildman–Crippen LogP) is 3.03. The van der Waals surface area contributed by atoms with Crippen LogP contribution in [0.2, 0.25) is 0 Å². The van der Waals surface area contributed by atoms with E-state index in [1.165, 1.54) is 0 Å². The average Bonchev–Trinajstić information content (AvgIpc) is 2.57. The van der Waals surface area contributed by atoms with Crippen LogP contribution in [-0.2, 0) is 0 Å². The number of nitrogens with zero attached hydrogens (tertiary/aromatic N) is 1. The molecule has 0 spiro atoms. The first-order valence-corrected chi connectivity index (χ1v) is 7.95. The van der Waals surface area contributed by atoms with Crippen LogP contribution in [0.3, 0.4) is 0 Å². The molecule has 0 aliphatic rings. The number of rotatable bonds is 5. The van der Waals surface area contributed by atoms with Gasteiger partial charge in [-0.25, -0.2) is 4.79 Å². The van der Waals surface area contributed by atoms with E-state index in [0.29, 0.717) is 16.4 Å². The highest BCUT2D eigenvalue weighted by molar-refractivity contribution is 7.80. The van der Waals surface area contributed by atoms with Crippen LogP contribution in [0.1, 0.15) is 28.4 Å². The summed E-state index contributed by atoms with van der Waals surface area (Å²) in [6.45, 7) is 4.66. The first-order valence-electron chi connectivity index (χ1n) is 7.54. The van der Waals surface area contributed by atoms with Crippen molar-refractivity contribution in [2.24, 2.45) is 5.10 Å². The van der Waals surface area contributed by atoms with Gasteiger partial charge in [0.05, 0.1) is 11.8 Å². The van der Waals surface area contributed by atoms with Gasteiger partial charge in [0.2, 0.25) is 0 Å². The zero-order valence-corrected chi connectivity index (χ0v) is 14.4. The van der Waals surface area contributed by atoms with Crippen molar-refractivity contribution in [1.82, 2.24) is 10.7 Å². The molecular weight excluding hydrogens is 322 g/mol. The van der Waals surface area contributed by atoms with Gasteiger partial charge in [-0.05, 0) is 68.0 Å². The summed E-state index contributed by atoms with van der Waals surface area (Å²) in [5, 5.41) is 7.42. The number of benzene rings is 2. The highest BCUT2D eigenvalue weighted by atomic mass is 32.1. The second-order valence-electron chi connectivity index (χ2n) is 5.05. The van der Waals surface area contributed by atoms with Crippen LogP contribution in [0, 0.1) is 6.92 Å². The lowest BCUT2D eigenvalue weighted by Gasteiger charge is -2.05. The summed E-state index contributed by atoms with van der Waals surface area (Å²) in [6.07, 6.45) is 1.63. The van der Waals surface area contributed by atoms with Crippen molar-refractivity contribution in [2.45, 2.75) is 13.8 Å². The number of hydrazone groups is 1. The lowest BCUT2D eigenvalue weighted by molar-refractivity contribution is 0.0735. The van der Waals surface area contributed by atoms with Gasteiger partial charge >= 0.3 is 5.97 Å². The van der Waals surface area contributed by atoms with Crippen molar-refractivity contribution in [3.05, 3.63) is 65.2 Å². The minimum Gasteiger partial charge on any atom is -0.423 e. The molecule has 2 aromatic rings. The molecule has 5 nitrogen and oxygen atoms in total. The summed E-state index contributed by atoms with van der Waals surface area (Å²) >= 11 is 5.00. The highest BCUT2D eigenvalue weighted by Crippen LogP contribution is 2.14. The Morgan fingerprint density at radius 1 is 1.17 bits per heavy atom. The summed E-state index contributed by atoms with van der Waals surface area (Å²) < 4.78 is 5.34. The first kappa shape index (κ1) is 17.6. The van der Waals surface area contributed by atoms with Crippen molar-refractivity contribution in [3.63, 3.8) is 0 Å². The van der Waals surface area contributed by atoms with E-state index < -0.39 is 0 Å². The molecule has 24 heavy (non-hydrogen) atoms. The van der Waals surface area contributed by atoms with Crippen molar-refractivity contribution in [2.75, 3.05) is 6.54 Å². The molecule has 0 radical (unpaired) electrons. The van der Waals surface area contributed by atoms with E-state index in [2.05, 4.69) is 15.8 Å². The summed E-state index contributed by atoms with van der Waals surface area (Å²) in [6, 6.07) is 14.3. The summed E-state index contributed by atoms with van der Waals surface area (Å²) in [5.74, 6) is 0.0999. The van der Waals surface area contributed by atoms with Crippen LogP contribution >= 0.6 is 12.2 Å². The Labute approximate surface area is 146 Å². The molecule has 0 amide bonds. The van der Waals surface area contributed by atoms with E-state index in [1.807, 2.05) is 26.0 Å². The molecule has 0 aromatic heterocycles. The smallest absolute Gasteiger partial charge is 0.343 e. The Balaban J connectivity index is 1.92. The molecule has 2 rings (SSSR count). The Kier molecular flexibility index (Phi) is 6.45. The number of esters is 1. The molecular formula is C18H19N3O2S. The third-order valence-corrected chi connectivity index (χ3v) is 3.33. The number of hydrogen-bond donors (Lipinski definition) is 2. The second-order valence-corrected chi connectivity index (χ2v) is 5.46. The normalized spacial score (nSPS) is 10.4. The van der Waals surface area contributed by atoms with Gasteiger partial charge in [0, 0.05) is 6.54 Å². The predicted molar refractivity (Wildman–Crippen MR) is 99.6 cm³/mol. The monoisotopic (exact) mass is 341 g/mol. The van der Waals surface area contributed by atoms with Crippen LogP contribution in [0.5, 0.6) is 5.75 Å². The third kappa shape index (κ3) is 5.48. The molecule has 0 aliphatic heterocycles. The number of hydrogen-bond acceptors (Lipinski definition) is 4. The second kappa shape index (κ2) is 8.79. The van der Waals surface area contributed by atoms with E-state index in [0.717, 1.165) is 17.7 Å². The Morgan fingerprint density at radius 3 is 2.46 bits per heavy atom. The van der Waals surface area contributed by atoms with E-state index in [-0.39, 0.29) is 5.97 Å². The van der Waals surface area contributed by atoms with Gasteiger partial charge in [-0.1, -0.05) is 17.7 Å². The average molecular weight is 341 g/mol. The lowest BCUT2D eigenvalue weighted by Crippen LogP contribution is -2.31. The highest BCUT2D eigenvalue weighted by Gasteiger charge is 2.07. The molecule has 0 unspecified atom stereocenters. The van der Waals surface area contributed by atoms with Gasteiger partial charge in [0.25, 0.3) is 0 Å². The van der Waals surface area contributed by atoms with E-state index in [4.69, 9.17) is 17.0 Å². The fourth-order valence-electron chi connectivity index (χ4n) is 1.84. The number of carbonyl (C=O) groups excluding carboxylic acids is 1. The molecule has 0 atom stereocenters. The third-order valence-electron chi connectivity index (χ3n) is 3.09.